The predicted octanol–water partition coefficient (Wildman–Crippen LogP) is 4.06. The SMILES string of the molecule is CCOC(=O)C(C#N)c1nc2ccccc2nc1N1CCCC(c2nc3ccccc3[nH]2)C1. The van der Waals surface area contributed by atoms with E-state index in [2.05, 4.69) is 16.0 Å². The molecule has 1 aliphatic heterocycles. The average Bonchev–Trinajstić information content (AvgIpc) is 3.29. The molecule has 2 aromatic carbocycles. The molecule has 1 saturated heterocycles. The third-order valence-electron chi connectivity index (χ3n) is 6.02. The van der Waals surface area contributed by atoms with Crippen LogP contribution in [0.25, 0.3) is 22.1 Å². The fraction of sp³-hybridized carbons (Fsp3) is 0.320. The molecule has 166 valence electrons. The number of esters is 1. The molecule has 2 atom stereocenters. The first-order chi connectivity index (χ1) is 16.2. The summed E-state index contributed by atoms with van der Waals surface area (Å²) in [4.78, 5) is 32.5. The van der Waals surface area contributed by atoms with Crippen molar-refractivity contribution in [3.63, 3.8) is 0 Å². The molecule has 0 bridgehead atoms. The summed E-state index contributed by atoms with van der Waals surface area (Å²) in [5.74, 6) is -0.0525. The van der Waals surface area contributed by atoms with Gasteiger partial charge in [0.1, 0.15) is 11.5 Å². The largest absolute Gasteiger partial charge is 0.465 e. The molecule has 0 saturated carbocycles. The summed E-state index contributed by atoms with van der Waals surface area (Å²) in [5, 5.41) is 9.83. The molecule has 5 rings (SSSR count). The van der Waals surface area contributed by atoms with E-state index in [9.17, 15) is 10.1 Å². The highest BCUT2D eigenvalue weighted by atomic mass is 16.5. The minimum absolute atomic E-state index is 0.176. The van der Waals surface area contributed by atoms with Crippen molar-refractivity contribution in [2.75, 3.05) is 24.6 Å². The van der Waals surface area contributed by atoms with Gasteiger partial charge in [-0.3, -0.25) is 4.79 Å². The highest BCUT2D eigenvalue weighted by Crippen LogP contribution is 2.33. The Morgan fingerprint density at radius 3 is 2.61 bits per heavy atom. The van der Waals surface area contributed by atoms with E-state index < -0.39 is 11.9 Å². The molecular formula is C25H24N6O2. The molecule has 3 heterocycles. The van der Waals surface area contributed by atoms with Crippen molar-refractivity contribution in [1.29, 1.82) is 5.26 Å². The Morgan fingerprint density at radius 1 is 1.15 bits per heavy atom. The van der Waals surface area contributed by atoms with E-state index in [1.807, 2.05) is 48.5 Å². The lowest BCUT2D eigenvalue weighted by atomic mass is 9.96. The molecule has 2 aromatic heterocycles. The quantitative estimate of drug-likeness (QED) is 0.466. The fourth-order valence-electron chi connectivity index (χ4n) is 4.44. The summed E-state index contributed by atoms with van der Waals surface area (Å²) in [6.45, 7) is 3.35. The number of hydrogen-bond acceptors (Lipinski definition) is 7. The van der Waals surface area contributed by atoms with E-state index >= 15 is 0 Å². The summed E-state index contributed by atoms with van der Waals surface area (Å²) in [7, 11) is 0. The molecule has 0 aliphatic carbocycles. The molecule has 1 N–H and O–H groups in total. The molecule has 8 heteroatoms. The number of nitrogens with zero attached hydrogens (tertiary/aromatic N) is 5. The smallest absolute Gasteiger partial charge is 0.329 e. The van der Waals surface area contributed by atoms with Gasteiger partial charge in [-0.1, -0.05) is 24.3 Å². The number of benzene rings is 2. The lowest BCUT2D eigenvalue weighted by Crippen LogP contribution is -2.37. The van der Waals surface area contributed by atoms with Crippen molar-refractivity contribution >= 4 is 33.9 Å². The van der Waals surface area contributed by atoms with Crippen LogP contribution in [0.15, 0.2) is 48.5 Å². The number of anilines is 1. The first-order valence-electron chi connectivity index (χ1n) is 11.2. The Labute approximate surface area is 191 Å². The van der Waals surface area contributed by atoms with Crippen molar-refractivity contribution in [1.82, 2.24) is 19.9 Å². The highest BCUT2D eigenvalue weighted by molar-refractivity contribution is 5.85. The fourth-order valence-corrected chi connectivity index (χ4v) is 4.44. The van der Waals surface area contributed by atoms with Gasteiger partial charge < -0.3 is 14.6 Å². The van der Waals surface area contributed by atoms with Crippen LogP contribution in [0.4, 0.5) is 5.82 Å². The monoisotopic (exact) mass is 440 g/mol. The second-order valence-corrected chi connectivity index (χ2v) is 8.16. The maximum absolute atomic E-state index is 12.6. The van der Waals surface area contributed by atoms with Crippen LogP contribution < -0.4 is 4.90 Å². The van der Waals surface area contributed by atoms with Gasteiger partial charge in [-0.15, -0.1) is 0 Å². The predicted molar refractivity (Wildman–Crippen MR) is 125 cm³/mol. The summed E-state index contributed by atoms with van der Waals surface area (Å²) in [6.07, 6.45) is 1.93. The van der Waals surface area contributed by atoms with Crippen molar-refractivity contribution in [2.45, 2.75) is 31.6 Å². The van der Waals surface area contributed by atoms with Gasteiger partial charge in [0.2, 0.25) is 0 Å². The first kappa shape index (κ1) is 20.9. The third-order valence-corrected chi connectivity index (χ3v) is 6.02. The number of carbonyl (C=O) groups excluding carboxylic acids is 1. The molecule has 1 aliphatic rings. The van der Waals surface area contributed by atoms with E-state index in [0.29, 0.717) is 23.6 Å². The van der Waals surface area contributed by atoms with Crippen LogP contribution in [0, 0.1) is 11.3 Å². The third kappa shape index (κ3) is 3.98. The van der Waals surface area contributed by atoms with Gasteiger partial charge in [0.05, 0.1) is 34.7 Å². The number of para-hydroxylation sites is 4. The number of imidazole rings is 1. The van der Waals surface area contributed by atoms with E-state index in [-0.39, 0.29) is 12.5 Å². The number of nitrogens with one attached hydrogen (secondary N) is 1. The van der Waals surface area contributed by atoms with Crippen molar-refractivity contribution in [2.24, 2.45) is 0 Å². The number of fused-ring (bicyclic) bond motifs is 2. The van der Waals surface area contributed by atoms with Crippen LogP contribution >= 0.6 is 0 Å². The molecule has 4 aromatic rings. The Morgan fingerprint density at radius 2 is 1.88 bits per heavy atom. The van der Waals surface area contributed by atoms with Crippen LogP contribution in [0.3, 0.4) is 0 Å². The number of rotatable bonds is 5. The number of ether oxygens (including phenoxy) is 1. The minimum atomic E-state index is -1.14. The van der Waals surface area contributed by atoms with Crippen LogP contribution in [0.5, 0.6) is 0 Å². The number of aromatic nitrogens is 4. The second kappa shape index (κ2) is 8.87. The van der Waals surface area contributed by atoms with E-state index in [1.165, 1.54) is 0 Å². The molecule has 1 fully saturated rings. The number of piperidine rings is 1. The van der Waals surface area contributed by atoms with E-state index in [0.717, 1.165) is 41.8 Å². The Balaban J connectivity index is 1.54. The van der Waals surface area contributed by atoms with Gasteiger partial charge in [0, 0.05) is 19.0 Å². The number of nitriles is 1. The maximum Gasteiger partial charge on any atom is 0.329 e. The second-order valence-electron chi connectivity index (χ2n) is 8.16. The molecular weight excluding hydrogens is 416 g/mol. The normalized spacial score (nSPS) is 17.1. The average molecular weight is 441 g/mol. The zero-order valence-corrected chi connectivity index (χ0v) is 18.4. The standard InChI is InChI=1S/C25H24N6O2/c1-2-33-25(32)17(14-26)22-24(30-21-12-6-3-9-18(21)27-22)31-13-7-8-16(15-31)23-28-19-10-4-5-11-20(19)29-23/h3-6,9-12,16-17H,2,7-8,13,15H2,1H3,(H,28,29). The van der Waals surface area contributed by atoms with Crippen LogP contribution in [-0.4, -0.2) is 45.6 Å². The van der Waals surface area contributed by atoms with Gasteiger partial charge >= 0.3 is 5.97 Å². The minimum Gasteiger partial charge on any atom is -0.465 e. The number of aromatic amines is 1. The van der Waals surface area contributed by atoms with Crippen molar-refractivity contribution in [3.8, 4) is 6.07 Å². The summed E-state index contributed by atoms with van der Waals surface area (Å²) in [5.41, 5.74) is 3.68. The number of hydrogen-bond donors (Lipinski definition) is 1. The van der Waals surface area contributed by atoms with Gasteiger partial charge in [-0.2, -0.15) is 5.26 Å². The van der Waals surface area contributed by atoms with Crippen LogP contribution in [0.1, 0.15) is 43.1 Å². The Hall–Kier alpha value is -3.99. The lowest BCUT2D eigenvalue weighted by molar-refractivity contribution is -0.143. The highest BCUT2D eigenvalue weighted by Gasteiger charge is 2.32. The Bertz CT molecular complexity index is 1330. The summed E-state index contributed by atoms with van der Waals surface area (Å²) < 4.78 is 5.17. The molecule has 8 nitrogen and oxygen atoms in total. The molecule has 2 unspecified atom stereocenters. The number of carbonyl (C=O) groups is 1. The molecule has 0 radical (unpaired) electrons. The van der Waals surface area contributed by atoms with Crippen molar-refractivity contribution in [3.05, 3.63) is 60.0 Å². The molecule has 33 heavy (non-hydrogen) atoms. The maximum atomic E-state index is 12.6. The van der Waals surface area contributed by atoms with Crippen molar-refractivity contribution < 1.29 is 9.53 Å². The summed E-state index contributed by atoms with van der Waals surface area (Å²) >= 11 is 0. The Kier molecular flexibility index (Phi) is 5.61. The topological polar surface area (TPSA) is 108 Å². The van der Waals surface area contributed by atoms with E-state index in [1.54, 1.807) is 6.92 Å². The number of H-pyrrole nitrogens is 1. The zero-order valence-electron chi connectivity index (χ0n) is 18.4. The van der Waals surface area contributed by atoms with E-state index in [4.69, 9.17) is 19.7 Å². The van der Waals surface area contributed by atoms with Crippen LogP contribution in [-0.2, 0) is 9.53 Å². The van der Waals surface area contributed by atoms with Gasteiger partial charge in [-0.05, 0) is 44.0 Å². The molecule has 0 amide bonds. The van der Waals surface area contributed by atoms with Gasteiger partial charge in [-0.25, -0.2) is 15.0 Å². The summed E-state index contributed by atoms with van der Waals surface area (Å²) in [6, 6.07) is 17.6. The van der Waals surface area contributed by atoms with Gasteiger partial charge in [0.15, 0.2) is 11.7 Å². The lowest BCUT2D eigenvalue weighted by Gasteiger charge is -2.34. The zero-order chi connectivity index (χ0) is 22.8. The molecule has 0 spiro atoms. The van der Waals surface area contributed by atoms with Crippen LogP contribution in [0.2, 0.25) is 0 Å². The van der Waals surface area contributed by atoms with Gasteiger partial charge in [0.25, 0.3) is 0 Å². The first-order valence-corrected chi connectivity index (χ1v) is 11.2.